The largest absolute Gasteiger partial charge is 0.454 e. The summed E-state index contributed by atoms with van der Waals surface area (Å²) in [6, 6.07) is 31.5. The molecular formula is C30H21N2O+. The monoisotopic (exact) mass is 425 g/mol. The molecule has 0 fully saturated rings. The topological polar surface area (TPSA) is 40.8 Å². The molecule has 0 saturated carbocycles. The Labute approximate surface area is 191 Å². The van der Waals surface area contributed by atoms with Crippen molar-refractivity contribution in [3.63, 3.8) is 0 Å². The smallest absolute Gasteiger partial charge is 0.216 e. The molecular weight excluding hydrogens is 404 g/mol. The molecule has 0 aliphatic carbocycles. The van der Waals surface area contributed by atoms with Crippen LogP contribution in [0.2, 0.25) is 0 Å². The van der Waals surface area contributed by atoms with Crippen molar-refractivity contribution >= 4 is 32.7 Å². The Balaban J connectivity index is 1.66. The van der Waals surface area contributed by atoms with Crippen LogP contribution in [0.1, 0.15) is 11.1 Å². The number of hydrogen-bond donors (Lipinski definition) is 0. The van der Waals surface area contributed by atoms with E-state index >= 15 is 0 Å². The zero-order chi connectivity index (χ0) is 22.5. The van der Waals surface area contributed by atoms with E-state index in [0.29, 0.717) is 11.1 Å². The van der Waals surface area contributed by atoms with Crippen molar-refractivity contribution in [1.82, 2.24) is 0 Å². The van der Waals surface area contributed by atoms with E-state index in [-0.39, 0.29) is 0 Å². The molecule has 3 heteroatoms. The zero-order valence-electron chi connectivity index (χ0n) is 18.5. The molecule has 0 saturated heterocycles. The lowest BCUT2D eigenvalue weighted by Gasteiger charge is -2.07. The molecule has 2 heterocycles. The van der Waals surface area contributed by atoms with Crippen LogP contribution in [0.4, 0.5) is 0 Å². The maximum atomic E-state index is 10.2. The summed E-state index contributed by atoms with van der Waals surface area (Å²) in [6.45, 7) is 2.10. The fraction of sp³-hybridized carbons (Fsp3) is 0.0667. The van der Waals surface area contributed by atoms with Gasteiger partial charge < -0.3 is 4.42 Å². The van der Waals surface area contributed by atoms with Gasteiger partial charge in [0.25, 0.3) is 0 Å². The Kier molecular flexibility index (Phi) is 4.28. The van der Waals surface area contributed by atoms with E-state index in [1.165, 1.54) is 5.39 Å². The first-order valence-corrected chi connectivity index (χ1v) is 11.0. The molecule has 0 unspecified atom stereocenters. The van der Waals surface area contributed by atoms with Gasteiger partial charge in [-0.15, -0.1) is 0 Å². The first kappa shape index (κ1) is 19.3. The fourth-order valence-corrected chi connectivity index (χ4v) is 4.81. The number of aromatic nitrogens is 1. The molecule has 0 bridgehead atoms. The Hall–Kier alpha value is -4.42. The Morgan fingerprint density at radius 3 is 2.36 bits per heavy atom. The minimum atomic E-state index is 0.569. The van der Waals surface area contributed by atoms with Gasteiger partial charge in [-0.1, -0.05) is 54.6 Å². The molecule has 3 nitrogen and oxygen atoms in total. The van der Waals surface area contributed by atoms with E-state index in [2.05, 4.69) is 72.2 Å². The summed E-state index contributed by atoms with van der Waals surface area (Å²) in [5.74, 6) is 0. The molecule has 0 N–H and O–H groups in total. The first-order chi connectivity index (χ1) is 16.2. The number of rotatable bonds is 2. The van der Waals surface area contributed by atoms with E-state index in [1.54, 1.807) is 0 Å². The summed E-state index contributed by atoms with van der Waals surface area (Å²) in [5.41, 5.74) is 7.20. The maximum Gasteiger partial charge on any atom is 0.216 e. The number of pyridine rings is 1. The molecule has 2 aromatic heterocycles. The molecule has 0 spiro atoms. The lowest BCUT2D eigenvalue weighted by Crippen LogP contribution is -2.30. The van der Waals surface area contributed by atoms with Gasteiger partial charge in [0.15, 0.2) is 11.8 Å². The third kappa shape index (κ3) is 2.92. The highest BCUT2D eigenvalue weighted by molar-refractivity contribution is 6.12. The highest BCUT2D eigenvalue weighted by atomic mass is 16.3. The molecule has 4 aromatic carbocycles. The predicted octanol–water partition coefficient (Wildman–Crippen LogP) is 7.08. The van der Waals surface area contributed by atoms with Crippen LogP contribution in [0.15, 0.2) is 95.5 Å². The second-order valence-electron chi connectivity index (χ2n) is 8.47. The standard InChI is InChI=1S/C30H21N2O/c1-19-10-13-25-24-15-14-23(22-12-11-20-7-3-4-8-21(20)17-22)26(18-31)29(24)33-30(25)28(19)27-9-5-6-16-32(27)2/h3-17H,1-2H3/q+1. The van der Waals surface area contributed by atoms with Gasteiger partial charge in [0.05, 0.1) is 5.56 Å². The van der Waals surface area contributed by atoms with Gasteiger partial charge in [-0.05, 0) is 47.0 Å². The Morgan fingerprint density at radius 1 is 0.788 bits per heavy atom. The Bertz CT molecular complexity index is 1750. The summed E-state index contributed by atoms with van der Waals surface area (Å²) < 4.78 is 8.61. The molecule has 156 valence electrons. The van der Waals surface area contributed by atoms with Crippen LogP contribution in [0.3, 0.4) is 0 Å². The molecule has 0 aliphatic rings. The van der Waals surface area contributed by atoms with Crippen molar-refractivity contribution in [2.75, 3.05) is 0 Å². The van der Waals surface area contributed by atoms with Crippen LogP contribution in [0.25, 0.3) is 55.1 Å². The van der Waals surface area contributed by atoms with Gasteiger partial charge in [0.1, 0.15) is 24.3 Å². The number of fused-ring (bicyclic) bond motifs is 4. The van der Waals surface area contributed by atoms with Gasteiger partial charge in [-0.3, -0.25) is 0 Å². The van der Waals surface area contributed by atoms with Gasteiger partial charge in [0, 0.05) is 28.5 Å². The van der Waals surface area contributed by atoms with Crippen LogP contribution >= 0.6 is 0 Å². The second-order valence-corrected chi connectivity index (χ2v) is 8.47. The first-order valence-electron chi connectivity index (χ1n) is 11.0. The summed E-state index contributed by atoms with van der Waals surface area (Å²) >= 11 is 0. The number of nitriles is 1. The summed E-state index contributed by atoms with van der Waals surface area (Å²) in [4.78, 5) is 0. The van der Waals surface area contributed by atoms with Gasteiger partial charge in [0.2, 0.25) is 5.69 Å². The molecule has 0 atom stereocenters. The minimum Gasteiger partial charge on any atom is -0.454 e. The maximum absolute atomic E-state index is 10.2. The van der Waals surface area contributed by atoms with E-state index in [1.807, 2.05) is 43.6 Å². The van der Waals surface area contributed by atoms with Crippen molar-refractivity contribution in [2.45, 2.75) is 6.92 Å². The van der Waals surface area contributed by atoms with Crippen LogP contribution in [-0.2, 0) is 7.05 Å². The summed E-state index contributed by atoms with van der Waals surface area (Å²) in [5, 5.41) is 14.5. The highest BCUT2D eigenvalue weighted by Gasteiger charge is 2.22. The van der Waals surface area contributed by atoms with E-state index in [0.717, 1.165) is 49.7 Å². The number of furan rings is 1. The van der Waals surface area contributed by atoms with Crippen LogP contribution in [0.5, 0.6) is 0 Å². The number of hydrogen-bond acceptors (Lipinski definition) is 2. The second kappa shape index (κ2) is 7.32. The van der Waals surface area contributed by atoms with E-state index in [9.17, 15) is 5.26 Å². The number of aryl methyl sites for hydroxylation is 2. The van der Waals surface area contributed by atoms with Crippen molar-refractivity contribution in [1.29, 1.82) is 5.26 Å². The van der Waals surface area contributed by atoms with Crippen LogP contribution in [-0.4, -0.2) is 0 Å². The van der Waals surface area contributed by atoms with Gasteiger partial charge >= 0.3 is 0 Å². The zero-order valence-corrected chi connectivity index (χ0v) is 18.5. The van der Waals surface area contributed by atoms with Crippen molar-refractivity contribution in [3.05, 3.63) is 102 Å². The average Bonchev–Trinajstić information content (AvgIpc) is 3.22. The summed E-state index contributed by atoms with van der Waals surface area (Å²) in [7, 11) is 2.04. The Morgan fingerprint density at radius 2 is 1.55 bits per heavy atom. The minimum absolute atomic E-state index is 0.569. The quantitative estimate of drug-likeness (QED) is 0.278. The lowest BCUT2D eigenvalue weighted by atomic mass is 9.95. The molecule has 6 aromatic rings. The summed E-state index contributed by atoms with van der Waals surface area (Å²) in [6.07, 6.45) is 2.04. The van der Waals surface area contributed by atoms with Gasteiger partial charge in [-0.25, -0.2) is 4.57 Å². The molecule has 0 aliphatic heterocycles. The van der Waals surface area contributed by atoms with Crippen molar-refractivity contribution < 1.29 is 8.98 Å². The number of benzene rings is 4. The lowest BCUT2D eigenvalue weighted by molar-refractivity contribution is -0.660. The van der Waals surface area contributed by atoms with Crippen LogP contribution < -0.4 is 4.57 Å². The number of nitrogens with zero attached hydrogens (tertiary/aromatic N) is 2. The highest BCUT2D eigenvalue weighted by Crippen LogP contribution is 2.40. The molecule has 6 rings (SSSR count). The average molecular weight is 426 g/mol. The van der Waals surface area contributed by atoms with Crippen LogP contribution in [0, 0.1) is 18.3 Å². The third-order valence-corrected chi connectivity index (χ3v) is 6.50. The van der Waals surface area contributed by atoms with Gasteiger partial charge in [-0.2, -0.15) is 5.26 Å². The normalized spacial score (nSPS) is 11.3. The fourth-order valence-electron chi connectivity index (χ4n) is 4.81. The molecule has 0 radical (unpaired) electrons. The van der Waals surface area contributed by atoms with E-state index < -0.39 is 0 Å². The predicted molar refractivity (Wildman–Crippen MR) is 133 cm³/mol. The third-order valence-electron chi connectivity index (χ3n) is 6.50. The SMILES string of the molecule is Cc1ccc2c(oc3c(C#N)c(-c4ccc5ccccc5c4)ccc32)c1-c1cccc[n+]1C. The molecule has 33 heavy (non-hydrogen) atoms. The molecule has 0 amide bonds. The van der Waals surface area contributed by atoms with Crippen molar-refractivity contribution in [2.24, 2.45) is 7.05 Å². The van der Waals surface area contributed by atoms with E-state index in [4.69, 9.17) is 4.42 Å². The van der Waals surface area contributed by atoms with Crippen molar-refractivity contribution in [3.8, 4) is 28.5 Å².